The summed E-state index contributed by atoms with van der Waals surface area (Å²) in [5.41, 5.74) is 0.553. The second-order valence-corrected chi connectivity index (χ2v) is 5.98. The van der Waals surface area contributed by atoms with Gasteiger partial charge in [0, 0.05) is 24.9 Å². The highest BCUT2D eigenvalue weighted by molar-refractivity contribution is 7.86. The molecular weight excluding hydrogens is 287 g/mol. The third kappa shape index (κ3) is 3.66. The van der Waals surface area contributed by atoms with Crippen molar-refractivity contribution < 1.29 is 21.8 Å². The molecule has 0 aliphatic carbocycles. The van der Waals surface area contributed by atoms with Gasteiger partial charge in [-0.1, -0.05) is 0 Å². The first-order valence-corrected chi connectivity index (χ1v) is 7.76. The fraction of sp³-hybridized carbons (Fsp3) is 0.500. The fourth-order valence-corrected chi connectivity index (χ4v) is 2.98. The van der Waals surface area contributed by atoms with E-state index in [-0.39, 0.29) is 18.9 Å². The number of carbonyl (C=O) groups is 1. The maximum Gasteiger partial charge on any atom is 0.302 e. The van der Waals surface area contributed by atoms with E-state index in [2.05, 4.69) is 4.98 Å². The second-order valence-electron chi connectivity index (χ2n) is 4.57. The number of rotatable bonds is 5. The number of pyridine rings is 1. The van der Waals surface area contributed by atoms with Crippen LogP contribution in [0.3, 0.4) is 0 Å². The summed E-state index contributed by atoms with van der Waals surface area (Å²) in [5.74, 6) is -0.931. The number of hydrogen-bond acceptors (Lipinski definition) is 5. The van der Waals surface area contributed by atoms with E-state index < -0.39 is 21.9 Å². The molecule has 1 aromatic rings. The SMILES string of the molecule is CCOc1ccc(N2CC(CS(=O)(=O)F)CC2=O)cn1. The van der Waals surface area contributed by atoms with Gasteiger partial charge >= 0.3 is 10.2 Å². The van der Waals surface area contributed by atoms with Crippen LogP contribution in [0.2, 0.25) is 0 Å². The summed E-state index contributed by atoms with van der Waals surface area (Å²) in [6.07, 6.45) is 1.51. The van der Waals surface area contributed by atoms with Gasteiger partial charge in [0.15, 0.2) is 0 Å². The van der Waals surface area contributed by atoms with Gasteiger partial charge in [-0.15, -0.1) is 3.89 Å². The molecule has 20 heavy (non-hydrogen) atoms. The second kappa shape index (κ2) is 5.74. The average molecular weight is 302 g/mol. The van der Waals surface area contributed by atoms with Crippen LogP contribution in [0, 0.1) is 5.92 Å². The molecule has 8 heteroatoms. The molecule has 1 fully saturated rings. The molecule has 2 heterocycles. The largest absolute Gasteiger partial charge is 0.478 e. The van der Waals surface area contributed by atoms with Crippen LogP contribution < -0.4 is 9.64 Å². The van der Waals surface area contributed by atoms with Gasteiger partial charge in [-0.3, -0.25) is 4.79 Å². The lowest BCUT2D eigenvalue weighted by Crippen LogP contribution is -2.25. The topological polar surface area (TPSA) is 76.6 Å². The Balaban J connectivity index is 2.07. The smallest absolute Gasteiger partial charge is 0.302 e. The molecule has 0 bridgehead atoms. The lowest BCUT2D eigenvalue weighted by Gasteiger charge is -2.16. The molecule has 2 rings (SSSR count). The van der Waals surface area contributed by atoms with Crippen LogP contribution in [-0.4, -0.2) is 38.2 Å². The number of amides is 1. The third-order valence-corrected chi connectivity index (χ3v) is 3.83. The van der Waals surface area contributed by atoms with Gasteiger partial charge in [-0.2, -0.15) is 8.42 Å². The maximum absolute atomic E-state index is 12.6. The molecule has 0 aromatic carbocycles. The first-order chi connectivity index (χ1) is 9.39. The molecule has 0 spiro atoms. The summed E-state index contributed by atoms with van der Waals surface area (Å²) in [6.45, 7) is 2.50. The van der Waals surface area contributed by atoms with Crippen LogP contribution in [0.4, 0.5) is 9.57 Å². The Morgan fingerprint density at radius 3 is 2.80 bits per heavy atom. The Morgan fingerprint density at radius 2 is 2.25 bits per heavy atom. The van der Waals surface area contributed by atoms with Crippen molar-refractivity contribution in [2.45, 2.75) is 13.3 Å². The van der Waals surface area contributed by atoms with Crippen LogP contribution in [0.15, 0.2) is 18.3 Å². The molecule has 1 atom stereocenters. The Bertz CT molecular complexity index is 588. The number of nitrogens with zero attached hydrogens (tertiary/aromatic N) is 2. The van der Waals surface area contributed by atoms with Crippen LogP contribution >= 0.6 is 0 Å². The minimum atomic E-state index is -4.57. The predicted molar refractivity (Wildman–Crippen MR) is 70.8 cm³/mol. The molecule has 1 aromatic heterocycles. The van der Waals surface area contributed by atoms with Crippen molar-refractivity contribution in [3.8, 4) is 5.88 Å². The quantitative estimate of drug-likeness (QED) is 0.762. The van der Waals surface area contributed by atoms with Gasteiger partial charge in [0.25, 0.3) is 0 Å². The highest BCUT2D eigenvalue weighted by Crippen LogP contribution is 2.26. The lowest BCUT2D eigenvalue weighted by molar-refractivity contribution is -0.117. The standard InChI is InChI=1S/C12H15FN2O4S/c1-2-19-11-4-3-10(6-14-11)15-7-9(5-12(15)16)8-20(13,17)18/h3-4,6,9H,2,5,7-8H2,1H3. The average Bonchev–Trinajstić information content (AvgIpc) is 2.69. The van der Waals surface area contributed by atoms with Crippen molar-refractivity contribution in [1.82, 2.24) is 4.98 Å². The lowest BCUT2D eigenvalue weighted by atomic mass is 10.1. The molecule has 6 nitrogen and oxygen atoms in total. The summed E-state index contributed by atoms with van der Waals surface area (Å²) >= 11 is 0. The van der Waals surface area contributed by atoms with Crippen LogP contribution in [-0.2, 0) is 15.0 Å². The molecule has 1 aliphatic rings. The Hall–Kier alpha value is -1.70. The van der Waals surface area contributed by atoms with Crippen molar-refractivity contribution >= 4 is 21.8 Å². The normalized spacial score (nSPS) is 19.4. The van der Waals surface area contributed by atoms with Crippen molar-refractivity contribution in [2.75, 3.05) is 23.8 Å². The number of aromatic nitrogens is 1. The van der Waals surface area contributed by atoms with Crippen LogP contribution in [0.5, 0.6) is 5.88 Å². The summed E-state index contributed by atoms with van der Waals surface area (Å²) in [7, 11) is -4.57. The van der Waals surface area contributed by atoms with E-state index in [1.165, 1.54) is 11.1 Å². The van der Waals surface area contributed by atoms with E-state index in [4.69, 9.17) is 4.74 Å². The minimum Gasteiger partial charge on any atom is -0.478 e. The molecule has 1 aliphatic heterocycles. The van der Waals surface area contributed by atoms with E-state index in [1.54, 1.807) is 12.1 Å². The van der Waals surface area contributed by atoms with Gasteiger partial charge in [0.2, 0.25) is 11.8 Å². The molecule has 110 valence electrons. The van der Waals surface area contributed by atoms with E-state index in [1.807, 2.05) is 6.92 Å². The Morgan fingerprint density at radius 1 is 1.50 bits per heavy atom. The number of carbonyl (C=O) groups excluding carboxylic acids is 1. The zero-order valence-corrected chi connectivity index (χ0v) is 11.8. The predicted octanol–water partition coefficient (Wildman–Crippen LogP) is 1.13. The molecule has 1 saturated heterocycles. The highest BCUT2D eigenvalue weighted by atomic mass is 32.3. The molecule has 0 N–H and O–H groups in total. The van der Waals surface area contributed by atoms with Gasteiger partial charge in [0.1, 0.15) is 0 Å². The van der Waals surface area contributed by atoms with Crippen molar-refractivity contribution in [3.63, 3.8) is 0 Å². The first-order valence-electron chi connectivity index (χ1n) is 6.20. The third-order valence-electron chi connectivity index (χ3n) is 2.96. The molecule has 0 saturated carbocycles. The van der Waals surface area contributed by atoms with Crippen molar-refractivity contribution in [3.05, 3.63) is 18.3 Å². The van der Waals surface area contributed by atoms with Gasteiger partial charge < -0.3 is 9.64 Å². The van der Waals surface area contributed by atoms with Gasteiger partial charge in [-0.05, 0) is 13.0 Å². The van der Waals surface area contributed by atoms with Crippen LogP contribution in [0.1, 0.15) is 13.3 Å². The Labute approximate surface area is 116 Å². The fourth-order valence-electron chi connectivity index (χ4n) is 2.19. The maximum atomic E-state index is 12.6. The van der Waals surface area contributed by atoms with Crippen molar-refractivity contribution in [2.24, 2.45) is 5.92 Å². The van der Waals surface area contributed by atoms with E-state index in [0.29, 0.717) is 18.2 Å². The van der Waals surface area contributed by atoms with E-state index in [9.17, 15) is 17.1 Å². The molecule has 0 radical (unpaired) electrons. The number of ether oxygens (including phenoxy) is 1. The van der Waals surface area contributed by atoms with E-state index >= 15 is 0 Å². The summed E-state index contributed by atoms with van der Waals surface area (Å²) in [6, 6.07) is 3.30. The van der Waals surface area contributed by atoms with Gasteiger partial charge in [-0.25, -0.2) is 4.98 Å². The number of anilines is 1. The molecule has 1 amide bonds. The van der Waals surface area contributed by atoms with Crippen LogP contribution in [0.25, 0.3) is 0 Å². The van der Waals surface area contributed by atoms with E-state index in [0.717, 1.165) is 0 Å². The molecule has 1 unspecified atom stereocenters. The number of hydrogen-bond donors (Lipinski definition) is 0. The minimum absolute atomic E-state index is 0.0242. The monoisotopic (exact) mass is 302 g/mol. The summed E-state index contributed by atoms with van der Waals surface area (Å²) in [5, 5.41) is 0. The zero-order valence-electron chi connectivity index (χ0n) is 11.0. The number of halogens is 1. The Kier molecular flexibility index (Phi) is 4.22. The highest BCUT2D eigenvalue weighted by Gasteiger charge is 2.33. The molecular formula is C12H15FN2O4S. The van der Waals surface area contributed by atoms with Gasteiger partial charge in [0.05, 0.1) is 24.2 Å². The summed E-state index contributed by atoms with van der Waals surface area (Å²) in [4.78, 5) is 17.3. The zero-order chi connectivity index (χ0) is 14.8. The van der Waals surface area contributed by atoms with Crippen molar-refractivity contribution in [1.29, 1.82) is 0 Å². The first kappa shape index (κ1) is 14.7. The summed E-state index contributed by atoms with van der Waals surface area (Å²) < 4.78 is 39.1.